The van der Waals surface area contributed by atoms with E-state index in [4.69, 9.17) is 0 Å². The third-order valence-electron chi connectivity index (χ3n) is 17.3. The smallest absolute Gasteiger partial charge is 0.242 e. The van der Waals surface area contributed by atoms with Gasteiger partial charge in [-0.2, -0.15) is 16.8 Å². The molecule has 1 heterocycles. The highest BCUT2D eigenvalue weighted by Crippen LogP contribution is 2.75. The molecule has 1 aliphatic heterocycles. The average molecular weight is 756 g/mol. The highest BCUT2D eigenvalue weighted by molar-refractivity contribution is 7.98. The minimum absolute atomic E-state index is 0.0173. The molecule has 0 aromatic rings. The molecule has 0 aromatic heterocycles. The fourth-order valence-corrected chi connectivity index (χ4v) is 14.4. The zero-order valence-corrected chi connectivity index (χ0v) is 36.0. The van der Waals surface area contributed by atoms with Crippen molar-refractivity contribution in [3.63, 3.8) is 0 Å². The molecule has 2 amide bonds. The fourth-order valence-electron chi connectivity index (χ4n) is 13.9. The van der Waals surface area contributed by atoms with Crippen LogP contribution in [0, 0.1) is 50.2 Å². The molecule has 6 aliphatic rings. The number of hydroxylamine groups is 2. The highest BCUT2D eigenvalue weighted by atomic mass is 32.2. The van der Waals surface area contributed by atoms with Crippen LogP contribution >= 0.6 is 11.8 Å². The van der Waals surface area contributed by atoms with Crippen molar-refractivity contribution < 1.29 is 24.7 Å². The minimum atomic E-state index is -0.665. The molecule has 4 N–H and O–H groups in total. The Bertz CT molecular complexity index is 1510. The Hall–Kier alpha value is -1.42. The van der Waals surface area contributed by atoms with Crippen LogP contribution in [0.25, 0.3) is 0 Å². The number of aliphatic hydroxyl groups is 1. The van der Waals surface area contributed by atoms with Gasteiger partial charge in [0, 0.05) is 28.5 Å². The quantitative estimate of drug-likeness (QED) is 0.208. The number of nitrogens with zero attached hydrogens (tertiary/aromatic N) is 1. The minimum Gasteiger partial charge on any atom is -0.393 e. The van der Waals surface area contributed by atoms with Crippen LogP contribution in [0.3, 0.4) is 0 Å². The second-order valence-electron chi connectivity index (χ2n) is 22.0. The summed E-state index contributed by atoms with van der Waals surface area (Å²) < 4.78 is 0. The van der Waals surface area contributed by atoms with Crippen molar-refractivity contribution in [3.8, 4) is 0 Å². The number of hydrogen-bond acceptors (Lipinski definition) is 7. The standard InChI is InChI=1S/C44H73N3O5S/c1-37(2)24-27(25-38(3,4)47(37)52)45-35(50)30(15-22-53-12)46-36(51)41(8)19-18-40(7)20-21-43(10)28(29(40)26-41)23-31(48)34-42(9)16-14-33(49)39(5,6)32(42)13-17-44(34,43)11/h23,27,29-30,32-34,49,52H,13-22,24-26H2,1-12H3,(H,45,50)(H,46,51)/t29-,30-,32-,33-,34+,40+,41-,42-,43+,44+/m0/s1. The Labute approximate surface area is 325 Å². The van der Waals surface area contributed by atoms with Crippen molar-refractivity contribution >= 4 is 29.4 Å². The van der Waals surface area contributed by atoms with Crippen molar-refractivity contribution in [3.05, 3.63) is 11.6 Å². The molecule has 1 saturated heterocycles. The molecule has 0 aromatic carbocycles. The number of thioether (sulfide) groups is 1. The van der Waals surface area contributed by atoms with Crippen LogP contribution in [0.2, 0.25) is 0 Å². The molecule has 0 unspecified atom stereocenters. The summed E-state index contributed by atoms with van der Waals surface area (Å²) in [6, 6.07) is -0.752. The van der Waals surface area contributed by atoms with Gasteiger partial charge in [0.2, 0.25) is 11.8 Å². The van der Waals surface area contributed by atoms with Gasteiger partial charge in [0.1, 0.15) is 6.04 Å². The predicted molar refractivity (Wildman–Crippen MR) is 213 cm³/mol. The first kappa shape index (κ1) is 41.2. The first-order valence-electron chi connectivity index (χ1n) is 20.8. The molecule has 0 radical (unpaired) electrons. The van der Waals surface area contributed by atoms with Crippen LogP contribution in [0.1, 0.15) is 153 Å². The lowest BCUT2D eigenvalue weighted by Crippen LogP contribution is -2.66. The number of rotatable bonds is 7. The second-order valence-corrected chi connectivity index (χ2v) is 23.0. The maximum Gasteiger partial charge on any atom is 0.242 e. The molecule has 300 valence electrons. The van der Waals surface area contributed by atoms with Crippen molar-refractivity contribution in [2.75, 3.05) is 12.0 Å². The van der Waals surface area contributed by atoms with Crippen LogP contribution in [0.5, 0.6) is 0 Å². The number of hydrogen-bond donors (Lipinski definition) is 4. The van der Waals surface area contributed by atoms with Gasteiger partial charge in [0.25, 0.3) is 0 Å². The molecule has 10 atom stereocenters. The zero-order chi connectivity index (χ0) is 39.4. The number of aliphatic hydroxyl groups excluding tert-OH is 1. The Morgan fingerprint density at radius 2 is 1.51 bits per heavy atom. The summed E-state index contributed by atoms with van der Waals surface area (Å²) in [7, 11) is 0. The molecule has 6 rings (SSSR count). The lowest BCUT2D eigenvalue weighted by molar-refractivity contribution is -0.246. The van der Waals surface area contributed by atoms with Crippen LogP contribution in [0.4, 0.5) is 0 Å². The zero-order valence-electron chi connectivity index (χ0n) is 35.2. The van der Waals surface area contributed by atoms with Crippen molar-refractivity contribution in [2.45, 2.75) is 182 Å². The van der Waals surface area contributed by atoms with E-state index in [0.29, 0.717) is 31.6 Å². The number of piperidine rings is 1. The Morgan fingerprint density at radius 1 is 0.887 bits per heavy atom. The van der Waals surface area contributed by atoms with Crippen molar-refractivity contribution in [1.82, 2.24) is 15.7 Å². The molecule has 5 fully saturated rings. The van der Waals surface area contributed by atoms with Crippen molar-refractivity contribution in [2.24, 2.45) is 50.2 Å². The number of carbonyl (C=O) groups is 3. The van der Waals surface area contributed by atoms with Gasteiger partial charge in [-0.1, -0.05) is 54.0 Å². The molecule has 5 aliphatic carbocycles. The highest BCUT2D eigenvalue weighted by Gasteiger charge is 2.70. The summed E-state index contributed by atoms with van der Waals surface area (Å²) in [6.45, 7) is 24.1. The largest absolute Gasteiger partial charge is 0.393 e. The van der Waals surface area contributed by atoms with E-state index in [1.165, 1.54) is 10.6 Å². The predicted octanol–water partition coefficient (Wildman–Crippen LogP) is 8.09. The third kappa shape index (κ3) is 6.40. The summed E-state index contributed by atoms with van der Waals surface area (Å²) in [6.07, 6.45) is 13.7. The Balaban J connectivity index is 1.25. The maximum atomic E-state index is 14.8. The van der Waals surface area contributed by atoms with Crippen LogP contribution < -0.4 is 10.6 Å². The maximum absolute atomic E-state index is 14.8. The molecule has 53 heavy (non-hydrogen) atoms. The first-order chi connectivity index (χ1) is 24.3. The number of fused-ring (bicyclic) bond motifs is 7. The topological polar surface area (TPSA) is 119 Å². The SMILES string of the molecule is CSCC[C@H](NC(=O)[C@@]1(C)CC[C@]2(C)CC[C@]3(C)C(=CC(=O)[C@@H]4[C@@]5(C)CC[C@H](O)C(C)(C)[C@@H]5CC[C@]43C)[C@@H]2C1)C(=O)NC1CC(C)(C)N(O)C(C)(C)C1. The van der Waals surface area contributed by atoms with Gasteiger partial charge in [-0.15, -0.1) is 0 Å². The number of amides is 2. The van der Waals surface area contributed by atoms with E-state index in [0.717, 1.165) is 57.1 Å². The van der Waals surface area contributed by atoms with Gasteiger partial charge < -0.3 is 20.9 Å². The second kappa shape index (κ2) is 13.3. The Morgan fingerprint density at radius 3 is 2.13 bits per heavy atom. The molecule has 8 nitrogen and oxygen atoms in total. The van der Waals surface area contributed by atoms with Gasteiger partial charge in [-0.3, -0.25) is 14.4 Å². The molecule has 4 saturated carbocycles. The summed E-state index contributed by atoms with van der Waals surface area (Å²) >= 11 is 1.67. The van der Waals surface area contributed by atoms with E-state index in [1.54, 1.807) is 11.8 Å². The number of ketones is 1. The van der Waals surface area contributed by atoms with Gasteiger partial charge in [0.05, 0.1) is 6.10 Å². The number of carbonyl (C=O) groups excluding carboxylic acids is 3. The first-order valence-corrected chi connectivity index (χ1v) is 22.2. The van der Waals surface area contributed by atoms with Crippen LogP contribution in [-0.4, -0.2) is 74.2 Å². The van der Waals surface area contributed by atoms with Crippen molar-refractivity contribution in [1.29, 1.82) is 0 Å². The van der Waals surface area contributed by atoms with Crippen LogP contribution in [-0.2, 0) is 14.4 Å². The molecular formula is C44H73N3O5S. The lowest BCUT2D eigenvalue weighted by Gasteiger charge is -2.70. The van der Waals surface area contributed by atoms with E-state index in [2.05, 4.69) is 65.2 Å². The van der Waals surface area contributed by atoms with E-state index in [-0.39, 0.29) is 68.7 Å². The molecule has 9 heteroatoms. The van der Waals surface area contributed by atoms with Crippen LogP contribution in [0.15, 0.2) is 11.6 Å². The van der Waals surface area contributed by atoms with Gasteiger partial charge in [0.15, 0.2) is 5.78 Å². The number of allylic oxidation sites excluding steroid dienone is 2. The van der Waals surface area contributed by atoms with E-state index in [1.807, 2.05) is 34.0 Å². The number of nitrogens with one attached hydrogen (secondary N) is 2. The summed E-state index contributed by atoms with van der Waals surface area (Å²) in [5.41, 5.74) is -1.07. The van der Waals surface area contributed by atoms with E-state index >= 15 is 0 Å². The molecule has 0 spiro atoms. The summed E-state index contributed by atoms with van der Waals surface area (Å²) in [5, 5.41) is 29.9. The van der Waals surface area contributed by atoms with E-state index in [9.17, 15) is 24.7 Å². The summed E-state index contributed by atoms with van der Waals surface area (Å²) in [4.78, 5) is 43.3. The fraction of sp³-hybridized carbons (Fsp3) is 0.886. The third-order valence-corrected chi connectivity index (χ3v) is 18.0. The summed E-state index contributed by atoms with van der Waals surface area (Å²) in [5.74, 6) is 1.17. The monoisotopic (exact) mass is 756 g/mol. The normalized spacial score (nSPS) is 44.0. The van der Waals surface area contributed by atoms with Gasteiger partial charge in [-0.25, -0.2) is 0 Å². The molecule has 0 bridgehead atoms. The average Bonchev–Trinajstić information content (AvgIpc) is 3.05. The van der Waals surface area contributed by atoms with E-state index < -0.39 is 22.5 Å². The molecular weight excluding hydrogens is 683 g/mol. The Kier molecular flexibility index (Phi) is 10.4. The lowest BCUT2D eigenvalue weighted by atomic mass is 9.33. The van der Waals surface area contributed by atoms with Gasteiger partial charge in [-0.05, 0) is 162 Å². The van der Waals surface area contributed by atoms with Gasteiger partial charge >= 0.3 is 0 Å².